The molecule has 3 heterocycles. The minimum absolute atomic E-state index is 0.150. The molecule has 4 aromatic rings. The van der Waals surface area contributed by atoms with E-state index >= 15 is 0 Å². The predicted octanol–water partition coefficient (Wildman–Crippen LogP) is 4.24. The summed E-state index contributed by atoms with van der Waals surface area (Å²) >= 11 is 0. The normalized spacial score (nSPS) is 16.5. The number of fused-ring (bicyclic) bond motifs is 3. The Morgan fingerprint density at radius 2 is 1.86 bits per heavy atom. The lowest BCUT2D eigenvalue weighted by molar-refractivity contribution is 0.429. The largest absolute Gasteiger partial charge is 0.308 e. The Bertz CT molecular complexity index is 1240. The second kappa shape index (κ2) is 7.06. The maximum Gasteiger partial charge on any atom is 0.262 e. The maximum absolute atomic E-state index is 13.2. The minimum atomic E-state index is -0.293. The van der Waals surface area contributed by atoms with Crippen LogP contribution in [0.25, 0.3) is 16.7 Å². The van der Waals surface area contributed by atoms with Gasteiger partial charge in [0.2, 0.25) is 0 Å². The summed E-state index contributed by atoms with van der Waals surface area (Å²) in [5.41, 5.74) is 1.42. The molecule has 7 heteroatoms. The van der Waals surface area contributed by atoms with Crippen LogP contribution in [0, 0.1) is 5.82 Å². The number of hydrogen-bond donors (Lipinski definition) is 0. The fourth-order valence-electron chi connectivity index (χ4n) is 4.29. The van der Waals surface area contributed by atoms with E-state index in [2.05, 4.69) is 9.97 Å². The molecule has 0 radical (unpaired) electrons. The number of rotatable bonds is 3. The lowest BCUT2D eigenvalue weighted by Gasteiger charge is -2.18. The predicted molar refractivity (Wildman–Crippen MR) is 109 cm³/mol. The Morgan fingerprint density at radius 3 is 2.62 bits per heavy atom. The van der Waals surface area contributed by atoms with Gasteiger partial charge in [0.25, 0.3) is 11.3 Å². The first kappa shape index (κ1) is 18.0. The summed E-state index contributed by atoms with van der Waals surface area (Å²) in [6, 6.07) is 7.87. The van der Waals surface area contributed by atoms with E-state index in [1.165, 1.54) is 31.4 Å². The third-order valence-corrected chi connectivity index (χ3v) is 6.02. The van der Waals surface area contributed by atoms with Gasteiger partial charge in [0.1, 0.15) is 5.82 Å². The molecule has 1 unspecified atom stereocenters. The molecular formula is C22H22FN5O. The average Bonchev–Trinajstić information content (AvgIpc) is 3.20. The van der Waals surface area contributed by atoms with Crippen molar-refractivity contribution in [2.45, 2.75) is 51.0 Å². The van der Waals surface area contributed by atoms with Crippen molar-refractivity contribution in [3.63, 3.8) is 0 Å². The zero-order chi connectivity index (χ0) is 20.0. The highest BCUT2D eigenvalue weighted by atomic mass is 19.1. The molecule has 5 rings (SSSR count). The Labute approximate surface area is 167 Å². The third kappa shape index (κ3) is 3.10. The highest BCUT2D eigenvalue weighted by molar-refractivity contribution is 5.78. The first-order chi connectivity index (χ1) is 14.1. The quantitative estimate of drug-likeness (QED) is 0.524. The molecule has 1 aliphatic rings. The molecule has 29 heavy (non-hydrogen) atoms. The first-order valence-corrected chi connectivity index (χ1v) is 10.1. The van der Waals surface area contributed by atoms with Gasteiger partial charge < -0.3 is 4.57 Å². The van der Waals surface area contributed by atoms with Crippen molar-refractivity contribution in [1.82, 2.24) is 24.1 Å². The number of hydrogen-bond acceptors (Lipinski definition) is 4. The molecular weight excluding hydrogens is 369 g/mol. The molecule has 0 spiro atoms. The first-order valence-electron chi connectivity index (χ1n) is 10.1. The number of benzene rings is 1. The van der Waals surface area contributed by atoms with Gasteiger partial charge in [-0.15, -0.1) is 5.10 Å². The Balaban J connectivity index is 1.59. The van der Waals surface area contributed by atoms with Crippen molar-refractivity contribution < 1.29 is 4.39 Å². The van der Waals surface area contributed by atoms with E-state index in [0.29, 0.717) is 22.6 Å². The van der Waals surface area contributed by atoms with Crippen LogP contribution >= 0.6 is 0 Å². The third-order valence-electron chi connectivity index (χ3n) is 6.02. The van der Waals surface area contributed by atoms with E-state index in [0.717, 1.165) is 24.2 Å². The van der Waals surface area contributed by atoms with Gasteiger partial charge in [-0.3, -0.25) is 4.79 Å². The number of nitrogens with zero attached hydrogens (tertiary/aromatic N) is 5. The van der Waals surface area contributed by atoms with Crippen LogP contribution in [0.5, 0.6) is 0 Å². The molecule has 1 atom stereocenters. The molecule has 0 N–H and O–H groups in total. The van der Waals surface area contributed by atoms with Crippen molar-refractivity contribution in [2.24, 2.45) is 0 Å². The molecule has 0 amide bonds. The highest BCUT2D eigenvalue weighted by Gasteiger charge is 2.21. The fraction of sp³-hybridized carbons (Fsp3) is 0.364. The van der Waals surface area contributed by atoms with Crippen LogP contribution in [-0.2, 0) is 0 Å². The smallest absolute Gasteiger partial charge is 0.262 e. The van der Waals surface area contributed by atoms with E-state index in [1.54, 1.807) is 33.6 Å². The summed E-state index contributed by atoms with van der Waals surface area (Å²) in [5, 5.41) is 5.20. The van der Waals surface area contributed by atoms with Gasteiger partial charge in [-0.25, -0.2) is 9.37 Å². The summed E-state index contributed by atoms with van der Waals surface area (Å²) in [6.07, 6.45) is 9.26. The van der Waals surface area contributed by atoms with Gasteiger partial charge in [-0.1, -0.05) is 31.4 Å². The average molecular weight is 391 g/mol. The van der Waals surface area contributed by atoms with E-state index in [-0.39, 0.29) is 17.4 Å². The van der Waals surface area contributed by atoms with E-state index in [9.17, 15) is 9.18 Å². The van der Waals surface area contributed by atoms with Crippen molar-refractivity contribution in [1.29, 1.82) is 0 Å². The standard InChI is InChI=1S/C22H22FN5O/c1-14(15-7-9-17(23)10-8-15)27-12-11-19-18(21(27)29)13-24-22-25-20(26-28(19)22)16-5-3-2-4-6-16/h7-14,16H,2-6H2,1H3. The second-order valence-electron chi connectivity index (χ2n) is 7.83. The molecule has 1 aromatic carbocycles. The van der Waals surface area contributed by atoms with Gasteiger partial charge in [0, 0.05) is 18.3 Å². The lowest BCUT2D eigenvalue weighted by atomic mass is 9.89. The molecule has 1 fully saturated rings. The molecule has 148 valence electrons. The topological polar surface area (TPSA) is 65.1 Å². The van der Waals surface area contributed by atoms with E-state index in [1.807, 2.05) is 13.0 Å². The van der Waals surface area contributed by atoms with Crippen LogP contribution in [-0.4, -0.2) is 24.1 Å². The van der Waals surface area contributed by atoms with Crippen molar-refractivity contribution in [3.05, 3.63) is 70.3 Å². The van der Waals surface area contributed by atoms with Crippen molar-refractivity contribution in [2.75, 3.05) is 0 Å². The SMILES string of the molecule is CC(c1ccc(F)cc1)n1ccc2c(cnc3nc(C4CCCCC4)nn32)c1=O. The molecule has 0 aliphatic heterocycles. The maximum atomic E-state index is 13.2. The molecule has 6 nitrogen and oxygen atoms in total. The Hall–Kier alpha value is -3.09. The molecule has 1 aliphatic carbocycles. The number of pyridine rings is 1. The zero-order valence-corrected chi connectivity index (χ0v) is 16.3. The Kier molecular flexibility index (Phi) is 4.38. The zero-order valence-electron chi connectivity index (χ0n) is 16.3. The second-order valence-corrected chi connectivity index (χ2v) is 7.83. The lowest BCUT2D eigenvalue weighted by Crippen LogP contribution is -2.24. The van der Waals surface area contributed by atoms with Crippen LogP contribution in [0.1, 0.15) is 62.4 Å². The van der Waals surface area contributed by atoms with Gasteiger partial charge in [0.15, 0.2) is 5.82 Å². The van der Waals surface area contributed by atoms with E-state index < -0.39 is 0 Å². The fourth-order valence-corrected chi connectivity index (χ4v) is 4.29. The summed E-state index contributed by atoms with van der Waals surface area (Å²) in [5.74, 6) is 1.44. The van der Waals surface area contributed by atoms with Gasteiger partial charge in [0.05, 0.1) is 16.9 Å². The van der Waals surface area contributed by atoms with Crippen molar-refractivity contribution >= 4 is 16.7 Å². The molecule has 0 bridgehead atoms. The van der Waals surface area contributed by atoms with Gasteiger partial charge in [-0.2, -0.15) is 9.50 Å². The highest BCUT2D eigenvalue weighted by Crippen LogP contribution is 2.31. The van der Waals surface area contributed by atoms with Gasteiger partial charge >= 0.3 is 0 Å². The van der Waals surface area contributed by atoms with Gasteiger partial charge in [-0.05, 0) is 43.5 Å². The van der Waals surface area contributed by atoms with E-state index in [4.69, 9.17) is 5.10 Å². The summed E-state index contributed by atoms with van der Waals surface area (Å²) in [7, 11) is 0. The summed E-state index contributed by atoms with van der Waals surface area (Å²) in [6.45, 7) is 1.92. The molecule has 0 saturated heterocycles. The van der Waals surface area contributed by atoms with Crippen LogP contribution in [0.3, 0.4) is 0 Å². The van der Waals surface area contributed by atoms with Crippen LogP contribution < -0.4 is 5.56 Å². The van der Waals surface area contributed by atoms with Crippen LogP contribution in [0.4, 0.5) is 4.39 Å². The monoisotopic (exact) mass is 391 g/mol. The Morgan fingerprint density at radius 1 is 1.10 bits per heavy atom. The summed E-state index contributed by atoms with van der Waals surface area (Å²) in [4.78, 5) is 22.2. The van der Waals surface area contributed by atoms with Crippen LogP contribution in [0.15, 0.2) is 47.5 Å². The number of aromatic nitrogens is 5. The molecule has 3 aromatic heterocycles. The summed E-state index contributed by atoms with van der Waals surface area (Å²) < 4.78 is 16.6. The van der Waals surface area contributed by atoms with Crippen LogP contribution in [0.2, 0.25) is 0 Å². The van der Waals surface area contributed by atoms with Crippen molar-refractivity contribution in [3.8, 4) is 0 Å². The molecule has 1 saturated carbocycles. The number of halogens is 1. The minimum Gasteiger partial charge on any atom is -0.308 e.